The number of hydrogen-bond donors (Lipinski definition) is 1. The maximum absolute atomic E-state index is 12.9. The van der Waals surface area contributed by atoms with E-state index in [1.807, 2.05) is 7.05 Å². The van der Waals surface area contributed by atoms with Crippen molar-refractivity contribution in [3.8, 4) is 17.0 Å². The van der Waals surface area contributed by atoms with Crippen molar-refractivity contribution in [1.82, 2.24) is 9.78 Å². The second kappa shape index (κ2) is 6.94. The molecule has 0 atom stereocenters. The maximum atomic E-state index is 12.9. The van der Waals surface area contributed by atoms with Crippen LogP contribution in [0.2, 0.25) is 5.02 Å². The van der Waals surface area contributed by atoms with E-state index in [2.05, 4.69) is 35.5 Å². The van der Waals surface area contributed by atoms with E-state index in [4.69, 9.17) is 16.3 Å². The molecule has 4 rings (SSSR count). The van der Waals surface area contributed by atoms with Crippen LogP contribution in [0.3, 0.4) is 0 Å². The zero-order chi connectivity index (χ0) is 19.1. The number of fused-ring (bicyclic) bond motifs is 3. The first-order valence-electron chi connectivity index (χ1n) is 8.42. The summed E-state index contributed by atoms with van der Waals surface area (Å²) in [4.78, 5) is 14.1. The van der Waals surface area contributed by atoms with Gasteiger partial charge in [0.15, 0.2) is 5.69 Å². The molecule has 138 valence electrons. The van der Waals surface area contributed by atoms with Gasteiger partial charge >= 0.3 is 0 Å². The number of nitrogens with one attached hydrogen (secondary N) is 1. The average molecular weight is 400 g/mol. The number of ether oxygens (including phenoxy) is 1. The fourth-order valence-corrected chi connectivity index (χ4v) is 4.57. The van der Waals surface area contributed by atoms with Crippen LogP contribution >= 0.6 is 23.4 Å². The van der Waals surface area contributed by atoms with Gasteiger partial charge in [0, 0.05) is 34.5 Å². The van der Waals surface area contributed by atoms with Crippen molar-refractivity contribution in [1.29, 1.82) is 0 Å². The third kappa shape index (κ3) is 3.19. The molecule has 2 heterocycles. The van der Waals surface area contributed by atoms with Crippen molar-refractivity contribution < 1.29 is 9.53 Å². The third-order valence-corrected chi connectivity index (χ3v) is 5.93. The molecule has 0 radical (unpaired) electrons. The van der Waals surface area contributed by atoms with Gasteiger partial charge in [0.1, 0.15) is 5.75 Å². The largest absolute Gasteiger partial charge is 0.495 e. The fraction of sp³-hybridized carbons (Fsp3) is 0.200. The number of methoxy groups -OCH3 is 1. The molecule has 1 amide bonds. The summed E-state index contributed by atoms with van der Waals surface area (Å²) in [6, 6.07) is 11.5. The third-order valence-electron chi connectivity index (χ3n) is 4.53. The highest BCUT2D eigenvalue weighted by Crippen LogP contribution is 2.43. The Hall–Kier alpha value is -2.44. The van der Waals surface area contributed by atoms with Gasteiger partial charge in [-0.15, -0.1) is 11.8 Å². The van der Waals surface area contributed by atoms with Crippen molar-refractivity contribution >= 4 is 35.0 Å². The van der Waals surface area contributed by atoms with E-state index < -0.39 is 0 Å². The van der Waals surface area contributed by atoms with Crippen LogP contribution in [0.4, 0.5) is 5.69 Å². The molecule has 0 saturated carbocycles. The Balaban J connectivity index is 1.69. The average Bonchev–Trinajstić information content (AvgIpc) is 2.99. The first-order valence-corrected chi connectivity index (χ1v) is 9.79. The Bertz CT molecular complexity index is 1060. The molecule has 0 spiro atoms. The molecule has 0 saturated heterocycles. The number of aryl methyl sites for hydroxylation is 2. The van der Waals surface area contributed by atoms with Gasteiger partial charge in [-0.3, -0.25) is 9.48 Å². The Labute approximate surface area is 166 Å². The van der Waals surface area contributed by atoms with Crippen molar-refractivity contribution in [2.24, 2.45) is 7.05 Å². The number of thioether (sulfide) groups is 1. The molecule has 1 aliphatic heterocycles. The minimum atomic E-state index is -0.246. The summed E-state index contributed by atoms with van der Waals surface area (Å²) in [5, 5.41) is 7.83. The predicted octanol–water partition coefficient (Wildman–Crippen LogP) is 4.92. The zero-order valence-corrected chi connectivity index (χ0v) is 16.7. The fourth-order valence-electron chi connectivity index (χ4n) is 3.26. The minimum Gasteiger partial charge on any atom is -0.495 e. The number of carbonyl (C=O) groups excluding carboxylic acids is 1. The molecule has 0 unspecified atom stereocenters. The van der Waals surface area contributed by atoms with E-state index in [1.54, 1.807) is 41.8 Å². The summed E-state index contributed by atoms with van der Waals surface area (Å²) in [5.74, 6) is 1.03. The molecule has 1 aromatic heterocycles. The number of anilines is 1. The second-order valence-electron chi connectivity index (χ2n) is 6.39. The maximum Gasteiger partial charge on any atom is 0.276 e. The molecular formula is C20H18ClN3O2S. The van der Waals surface area contributed by atoms with Crippen molar-refractivity contribution in [2.45, 2.75) is 17.6 Å². The number of amides is 1. The number of rotatable bonds is 3. The van der Waals surface area contributed by atoms with Gasteiger partial charge in [0.05, 0.1) is 17.8 Å². The van der Waals surface area contributed by atoms with Gasteiger partial charge < -0.3 is 10.1 Å². The lowest BCUT2D eigenvalue weighted by atomic mass is 10.0. The normalized spacial score (nSPS) is 12.3. The lowest BCUT2D eigenvalue weighted by Gasteiger charge is -2.18. The molecule has 0 fully saturated rings. The molecule has 1 N–H and O–H groups in total. The standard InChI is InChI=1S/C20H18ClN3O2S/c1-11-4-7-17-13(8-11)19-14(10-27-17)18(23-24(19)2)20(25)22-12-5-6-16(26-3)15(21)9-12/h4-9H,10H2,1-3H3,(H,22,25). The van der Waals surface area contributed by atoms with Crippen molar-refractivity contribution in [3.63, 3.8) is 0 Å². The van der Waals surface area contributed by atoms with E-state index in [0.717, 1.165) is 16.8 Å². The Morgan fingerprint density at radius 2 is 2.11 bits per heavy atom. The summed E-state index contributed by atoms with van der Waals surface area (Å²) in [5.41, 5.74) is 5.32. The second-order valence-corrected chi connectivity index (χ2v) is 7.82. The van der Waals surface area contributed by atoms with Gasteiger partial charge in [-0.2, -0.15) is 5.10 Å². The summed E-state index contributed by atoms with van der Waals surface area (Å²) in [6.07, 6.45) is 0. The van der Waals surface area contributed by atoms with Crippen LogP contribution in [-0.2, 0) is 12.8 Å². The molecule has 2 aromatic carbocycles. The van der Waals surface area contributed by atoms with E-state index >= 15 is 0 Å². The lowest BCUT2D eigenvalue weighted by Crippen LogP contribution is -2.15. The highest BCUT2D eigenvalue weighted by atomic mass is 35.5. The molecule has 1 aliphatic rings. The summed E-state index contributed by atoms with van der Waals surface area (Å²) in [7, 11) is 3.43. The predicted molar refractivity (Wildman–Crippen MR) is 109 cm³/mol. The summed E-state index contributed by atoms with van der Waals surface area (Å²) in [6.45, 7) is 2.07. The highest BCUT2D eigenvalue weighted by Gasteiger charge is 2.27. The first kappa shape index (κ1) is 17.9. The number of carbonyl (C=O) groups is 1. The summed E-state index contributed by atoms with van der Waals surface area (Å²) < 4.78 is 6.94. The Morgan fingerprint density at radius 3 is 2.85 bits per heavy atom. The van der Waals surface area contributed by atoms with Crippen LogP contribution in [0, 0.1) is 6.92 Å². The van der Waals surface area contributed by atoms with Crippen LogP contribution in [0.1, 0.15) is 21.6 Å². The number of nitrogens with zero attached hydrogens (tertiary/aromatic N) is 2. The van der Waals surface area contributed by atoms with Crippen LogP contribution in [0.5, 0.6) is 5.75 Å². The Kier molecular flexibility index (Phi) is 4.61. The smallest absolute Gasteiger partial charge is 0.276 e. The Morgan fingerprint density at radius 1 is 1.30 bits per heavy atom. The molecule has 3 aromatic rings. The van der Waals surface area contributed by atoms with Crippen LogP contribution < -0.4 is 10.1 Å². The zero-order valence-electron chi connectivity index (χ0n) is 15.2. The monoisotopic (exact) mass is 399 g/mol. The van der Waals surface area contributed by atoms with E-state index in [9.17, 15) is 4.79 Å². The van der Waals surface area contributed by atoms with Crippen LogP contribution in [-0.4, -0.2) is 22.8 Å². The molecule has 0 aliphatic carbocycles. The summed E-state index contributed by atoms with van der Waals surface area (Å²) >= 11 is 7.88. The van der Waals surface area contributed by atoms with Crippen LogP contribution in [0.15, 0.2) is 41.3 Å². The van der Waals surface area contributed by atoms with Crippen LogP contribution in [0.25, 0.3) is 11.3 Å². The van der Waals surface area contributed by atoms with Gasteiger partial charge in [0.2, 0.25) is 0 Å². The first-order chi connectivity index (χ1) is 13.0. The van der Waals surface area contributed by atoms with Gasteiger partial charge in [-0.05, 0) is 37.3 Å². The molecule has 5 nitrogen and oxygen atoms in total. The SMILES string of the molecule is COc1ccc(NC(=O)c2nn(C)c3c2CSc2ccc(C)cc2-3)cc1Cl. The van der Waals surface area contributed by atoms with Crippen molar-refractivity contribution in [2.75, 3.05) is 12.4 Å². The number of benzene rings is 2. The molecule has 27 heavy (non-hydrogen) atoms. The molecule has 0 bridgehead atoms. The molecular weight excluding hydrogens is 382 g/mol. The topological polar surface area (TPSA) is 56.1 Å². The lowest BCUT2D eigenvalue weighted by molar-refractivity contribution is 0.102. The van der Waals surface area contributed by atoms with E-state index in [-0.39, 0.29) is 5.91 Å². The highest BCUT2D eigenvalue weighted by molar-refractivity contribution is 7.98. The van der Waals surface area contributed by atoms with Gasteiger partial charge in [-0.25, -0.2) is 0 Å². The minimum absolute atomic E-state index is 0.246. The van der Waals surface area contributed by atoms with E-state index in [0.29, 0.717) is 27.9 Å². The number of hydrogen-bond acceptors (Lipinski definition) is 4. The molecule has 7 heteroatoms. The quantitative estimate of drug-likeness (QED) is 0.679. The van der Waals surface area contributed by atoms with E-state index in [1.165, 1.54) is 10.5 Å². The van der Waals surface area contributed by atoms with Gasteiger partial charge in [0.25, 0.3) is 5.91 Å². The number of aromatic nitrogens is 2. The van der Waals surface area contributed by atoms with Crippen molar-refractivity contribution in [3.05, 3.63) is 58.2 Å². The van der Waals surface area contributed by atoms with Gasteiger partial charge in [-0.1, -0.05) is 23.2 Å². The number of halogens is 1.